The summed E-state index contributed by atoms with van der Waals surface area (Å²) < 4.78 is 12.9. The lowest BCUT2D eigenvalue weighted by Crippen LogP contribution is -2.31. The van der Waals surface area contributed by atoms with Crippen LogP contribution >= 0.6 is 0 Å². The van der Waals surface area contributed by atoms with Crippen molar-refractivity contribution in [3.8, 4) is 0 Å². The van der Waals surface area contributed by atoms with Crippen molar-refractivity contribution in [1.29, 1.82) is 0 Å². The van der Waals surface area contributed by atoms with Gasteiger partial charge in [0.2, 0.25) is 5.95 Å². The zero-order valence-electron chi connectivity index (χ0n) is 8.82. The lowest BCUT2D eigenvalue weighted by molar-refractivity contribution is -0.117. The molecule has 3 amide bonds. The minimum atomic E-state index is -0.608. The van der Waals surface area contributed by atoms with Crippen LogP contribution in [-0.4, -0.2) is 23.0 Å². The molecule has 1 N–H and O–H groups in total. The quantitative estimate of drug-likeness (QED) is 0.570. The third kappa shape index (κ3) is 1.52. The van der Waals surface area contributed by atoms with Gasteiger partial charge in [-0.25, -0.2) is 14.7 Å². The number of halogens is 1. The van der Waals surface area contributed by atoms with Crippen LogP contribution in [0.15, 0.2) is 12.3 Å². The molecule has 2 heterocycles. The Morgan fingerprint density at radius 3 is 2.69 bits per heavy atom. The highest BCUT2D eigenvalue weighted by Gasteiger charge is 2.36. The predicted molar refractivity (Wildman–Crippen MR) is 54.4 cm³/mol. The van der Waals surface area contributed by atoms with Gasteiger partial charge < -0.3 is 5.32 Å². The van der Waals surface area contributed by atoms with Crippen molar-refractivity contribution < 1.29 is 14.0 Å². The van der Waals surface area contributed by atoms with E-state index >= 15 is 0 Å². The molecule has 16 heavy (non-hydrogen) atoms. The van der Waals surface area contributed by atoms with Gasteiger partial charge in [-0.3, -0.25) is 4.79 Å². The first-order valence-corrected chi connectivity index (χ1v) is 4.77. The topological polar surface area (TPSA) is 62.3 Å². The van der Waals surface area contributed by atoms with Crippen molar-refractivity contribution >= 4 is 17.6 Å². The number of aryl methyl sites for hydroxylation is 1. The summed E-state index contributed by atoms with van der Waals surface area (Å²) in [6.07, 6.45) is 1.16. The molecule has 1 aliphatic rings. The predicted octanol–water partition coefficient (Wildman–Crippen LogP) is 0.974. The fourth-order valence-electron chi connectivity index (χ4n) is 1.52. The van der Waals surface area contributed by atoms with Gasteiger partial charge in [0, 0.05) is 5.56 Å². The molecule has 84 valence electrons. The van der Waals surface area contributed by atoms with Crippen LogP contribution in [0.1, 0.15) is 12.5 Å². The monoisotopic (exact) mass is 223 g/mol. The van der Waals surface area contributed by atoms with Crippen molar-refractivity contribution in [3.05, 3.63) is 23.8 Å². The van der Waals surface area contributed by atoms with Gasteiger partial charge in [0.1, 0.15) is 6.04 Å². The molecule has 0 bridgehead atoms. The molecular weight excluding hydrogens is 213 g/mol. The number of imide groups is 1. The van der Waals surface area contributed by atoms with Crippen LogP contribution in [0, 0.1) is 12.9 Å². The molecule has 0 aromatic carbocycles. The van der Waals surface area contributed by atoms with Crippen molar-refractivity contribution in [3.63, 3.8) is 0 Å². The number of amides is 3. The summed E-state index contributed by atoms with van der Waals surface area (Å²) in [5.74, 6) is -0.971. The summed E-state index contributed by atoms with van der Waals surface area (Å²) in [5.41, 5.74) is 0.573. The molecule has 0 radical (unpaired) electrons. The Morgan fingerprint density at radius 1 is 1.50 bits per heavy atom. The maximum atomic E-state index is 12.9. The molecule has 1 aliphatic heterocycles. The smallest absolute Gasteiger partial charge is 0.326 e. The normalized spacial score (nSPS) is 20.2. The Balaban J connectivity index is 2.41. The number of carbonyl (C=O) groups is 2. The zero-order valence-corrected chi connectivity index (χ0v) is 8.82. The molecule has 1 aromatic rings. The van der Waals surface area contributed by atoms with E-state index in [1.807, 2.05) is 0 Å². The van der Waals surface area contributed by atoms with Crippen LogP contribution in [0.4, 0.5) is 14.9 Å². The second kappa shape index (κ2) is 3.55. The van der Waals surface area contributed by atoms with Gasteiger partial charge in [0.05, 0.1) is 11.9 Å². The molecule has 0 aliphatic carbocycles. The molecule has 6 heteroatoms. The standard InChI is InChI=1S/C10H10FN3O2/c1-5-3-7(4-12-8(5)11)14-9(15)6(2)13-10(14)16/h3-4,6H,1-2H3,(H,13,16)/t6-/m0/s1. The van der Waals surface area contributed by atoms with Gasteiger partial charge in [-0.2, -0.15) is 4.39 Å². The van der Waals surface area contributed by atoms with Crippen molar-refractivity contribution in [2.24, 2.45) is 0 Å². The Labute approximate surface area is 91.3 Å². The lowest BCUT2D eigenvalue weighted by atomic mass is 10.2. The average Bonchev–Trinajstić information content (AvgIpc) is 2.47. The summed E-state index contributed by atoms with van der Waals surface area (Å²) in [5, 5.41) is 2.47. The number of anilines is 1. The maximum Gasteiger partial charge on any atom is 0.329 e. The summed E-state index contributed by atoms with van der Waals surface area (Å²) in [7, 11) is 0. The Hall–Kier alpha value is -1.98. The third-order valence-electron chi connectivity index (χ3n) is 2.39. The molecule has 0 saturated carbocycles. The average molecular weight is 223 g/mol. The highest BCUT2D eigenvalue weighted by atomic mass is 19.1. The van der Waals surface area contributed by atoms with E-state index in [2.05, 4.69) is 10.3 Å². The second-order valence-electron chi connectivity index (χ2n) is 3.65. The molecule has 0 spiro atoms. The molecule has 0 unspecified atom stereocenters. The fraction of sp³-hybridized carbons (Fsp3) is 0.300. The first-order chi connectivity index (χ1) is 7.50. The van der Waals surface area contributed by atoms with Crippen LogP contribution < -0.4 is 10.2 Å². The van der Waals surface area contributed by atoms with E-state index in [4.69, 9.17) is 0 Å². The van der Waals surface area contributed by atoms with Gasteiger partial charge in [0.25, 0.3) is 5.91 Å². The van der Waals surface area contributed by atoms with Crippen LogP contribution in [0.3, 0.4) is 0 Å². The number of nitrogens with one attached hydrogen (secondary N) is 1. The highest BCUT2D eigenvalue weighted by molar-refractivity contribution is 6.21. The molecule has 5 nitrogen and oxygen atoms in total. The second-order valence-corrected chi connectivity index (χ2v) is 3.65. The van der Waals surface area contributed by atoms with E-state index in [9.17, 15) is 14.0 Å². The van der Waals surface area contributed by atoms with E-state index in [0.717, 1.165) is 11.1 Å². The Kier molecular flexibility index (Phi) is 2.34. The molecule has 1 atom stereocenters. The maximum absolute atomic E-state index is 12.9. The van der Waals surface area contributed by atoms with Gasteiger partial charge in [0.15, 0.2) is 0 Å². The summed E-state index contributed by atoms with van der Waals surface area (Å²) >= 11 is 0. The van der Waals surface area contributed by atoms with E-state index in [1.165, 1.54) is 13.0 Å². The van der Waals surface area contributed by atoms with Crippen molar-refractivity contribution in [2.75, 3.05) is 4.90 Å². The van der Waals surface area contributed by atoms with Crippen LogP contribution in [-0.2, 0) is 4.79 Å². The van der Waals surface area contributed by atoms with Crippen molar-refractivity contribution in [2.45, 2.75) is 19.9 Å². The zero-order chi connectivity index (χ0) is 11.9. The van der Waals surface area contributed by atoms with Gasteiger partial charge >= 0.3 is 6.03 Å². The number of nitrogens with zero attached hydrogens (tertiary/aromatic N) is 2. The number of carbonyl (C=O) groups excluding carboxylic acids is 2. The number of urea groups is 1. The van der Waals surface area contributed by atoms with Gasteiger partial charge in [-0.15, -0.1) is 0 Å². The van der Waals surface area contributed by atoms with Gasteiger partial charge in [-0.1, -0.05) is 0 Å². The summed E-state index contributed by atoms with van der Waals surface area (Å²) in [6, 6.07) is 0.348. The molecule has 2 rings (SSSR count). The van der Waals surface area contributed by atoms with Crippen LogP contribution in [0.2, 0.25) is 0 Å². The molecular formula is C10H10FN3O2. The number of hydrogen-bond donors (Lipinski definition) is 1. The largest absolute Gasteiger partial charge is 0.329 e. The minimum Gasteiger partial charge on any atom is -0.326 e. The summed E-state index contributed by atoms with van der Waals surface area (Å²) in [4.78, 5) is 27.5. The van der Waals surface area contributed by atoms with E-state index < -0.39 is 18.0 Å². The first kappa shape index (κ1) is 10.5. The fourth-order valence-corrected chi connectivity index (χ4v) is 1.52. The van der Waals surface area contributed by atoms with E-state index in [-0.39, 0.29) is 17.2 Å². The Bertz CT molecular complexity index is 475. The van der Waals surface area contributed by atoms with Crippen LogP contribution in [0.5, 0.6) is 0 Å². The lowest BCUT2D eigenvalue weighted by Gasteiger charge is -2.12. The van der Waals surface area contributed by atoms with Gasteiger partial charge in [-0.05, 0) is 19.9 Å². The first-order valence-electron chi connectivity index (χ1n) is 4.77. The highest BCUT2D eigenvalue weighted by Crippen LogP contribution is 2.20. The molecule has 1 saturated heterocycles. The Morgan fingerprint density at radius 2 is 2.19 bits per heavy atom. The molecule has 1 fully saturated rings. The number of hydrogen-bond acceptors (Lipinski definition) is 3. The van der Waals surface area contributed by atoms with E-state index in [0.29, 0.717) is 0 Å². The SMILES string of the molecule is Cc1cc(N2C(=O)N[C@@H](C)C2=O)cnc1F. The van der Waals surface area contributed by atoms with Crippen LogP contribution in [0.25, 0.3) is 0 Å². The number of pyridine rings is 1. The third-order valence-corrected chi connectivity index (χ3v) is 2.39. The summed E-state index contributed by atoms with van der Waals surface area (Å²) in [6.45, 7) is 3.11. The number of rotatable bonds is 1. The number of aromatic nitrogens is 1. The van der Waals surface area contributed by atoms with Crippen molar-refractivity contribution in [1.82, 2.24) is 10.3 Å². The minimum absolute atomic E-state index is 0.283. The molecule has 1 aromatic heterocycles. The van der Waals surface area contributed by atoms with E-state index in [1.54, 1.807) is 6.92 Å².